The minimum absolute atomic E-state index is 0.0289. The highest BCUT2D eigenvalue weighted by atomic mass is 16.2. The number of amides is 1. The van der Waals surface area contributed by atoms with Crippen molar-refractivity contribution in [2.24, 2.45) is 0 Å². The lowest BCUT2D eigenvalue weighted by molar-refractivity contribution is -0.125. The molecule has 0 rings (SSSR count). The monoisotopic (exact) mass is 184 g/mol. The molecule has 0 saturated heterocycles. The van der Waals surface area contributed by atoms with Crippen molar-refractivity contribution in [3.63, 3.8) is 0 Å². The minimum Gasteiger partial charge on any atom is -0.339 e. The molecule has 0 aromatic carbocycles. The number of likely N-dealkylation sites (N-methyl/N-ethyl adjacent to an activating group) is 1. The van der Waals surface area contributed by atoms with Gasteiger partial charge in [0.05, 0.1) is 0 Å². The topological polar surface area (TPSA) is 23.6 Å². The number of carbonyl (C=O) groups excluding carboxylic acids is 1. The second-order valence-corrected chi connectivity index (χ2v) is 3.28. The van der Waals surface area contributed by atoms with Crippen molar-refractivity contribution >= 4 is 5.91 Å². The van der Waals surface area contributed by atoms with E-state index in [9.17, 15) is 4.79 Å². The van der Waals surface area contributed by atoms with Gasteiger partial charge in [-0.3, -0.25) is 4.79 Å². The average molecular weight is 184 g/mol. The summed E-state index contributed by atoms with van der Waals surface area (Å²) in [4.78, 5) is 15.1. The molecule has 0 atom stereocenters. The predicted octanol–water partition coefficient (Wildman–Crippen LogP) is 0.973. The molecule has 0 aliphatic rings. The molecule has 0 bridgehead atoms. The quantitative estimate of drug-likeness (QED) is 0.574. The number of carbonyl (C=O) groups is 1. The van der Waals surface area contributed by atoms with E-state index in [1.54, 1.807) is 4.90 Å². The van der Waals surface area contributed by atoms with E-state index in [1.165, 1.54) is 6.08 Å². The molecule has 0 spiro atoms. The SMILES string of the molecule is C=CC(=O)N(CC)CCCN(C)C. The maximum absolute atomic E-state index is 11.2. The molecule has 0 aliphatic heterocycles. The Morgan fingerprint density at radius 3 is 2.38 bits per heavy atom. The summed E-state index contributed by atoms with van der Waals surface area (Å²) in [5.74, 6) is 0.0289. The summed E-state index contributed by atoms with van der Waals surface area (Å²) in [5, 5.41) is 0. The standard InChI is InChI=1S/C10H20N2O/c1-5-10(13)12(6-2)9-7-8-11(3)4/h5H,1,6-9H2,2-4H3. The largest absolute Gasteiger partial charge is 0.339 e. The summed E-state index contributed by atoms with van der Waals surface area (Å²) in [6, 6.07) is 0. The van der Waals surface area contributed by atoms with Crippen molar-refractivity contribution in [3.05, 3.63) is 12.7 Å². The van der Waals surface area contributed by atoms with Crippen LogP contribution in [0.4, 0.5) is 0 Å². The lowest BCUT2D eigenvalue weighted by Crippen LogP contribution is -2.31. The van der Waals surface area contributed by atoms with Gasteiger partial charge in [0.25, 0.3) is 0 Å². The summed E-state index contributed by atoms with van der Waals surface area (Å²) in [6.07, 6.45) is 2.39. The van der Waals surface area contributed by atoms with Crippen LogP contribution >= 0.6 is 0 Å². The normalized spacial score (nSPS) is 10.2. The van der Waals surface area contributed by atoms with Gasteiger partial charge in [-0.2, -0.15) is 0 Å². The predicted molar refractivity (Wildman–Crippen MR) is 55.6 cm³/mol. The van der Waals surface area contributed by atoms with Crippen molar-refractivity contribution in [2.45, 2.75) is 13.3 Å². The van der Waals surface area contributed by atoms with Gasteiger partial charge in [-0.15, -0.1) is 0 Å². The summed E-state index contributed by atoms with van der Waals surface area (Å²) in [5.41, 5.74) is 0. The second-order valence-electron chi connectivity index (χ2n) is 3.28. The fraction of sp³-hybridized carbons (Fsp3) is 0.700. The summed E-state index contributed by atoms with van der Waals surface area (Å²) in [7, 11) is 4.07. The van der Waals surface area contributed by atoms with Crippen LogP contribution in [0.3, 0.4) is 0 Å². The molecule has 76 valence electrons. The Kier molecular flexibility index (Phi) is 6.24. The smallest absolute Gasteiger partial charge is 0.245 e. The van der Waals surface area contributed by atoms with Crippen molar-refractivity contribution in [2.75, 3.05) is 33.7 Å². The average Bonchev–Trinajstić information content (AvgIpc) is 2.11. The van der Waals surface area contributed by atoms with Crippen LogP contribution < -0.4 is 0 Å². The van der Waals surface area contributed by atoms with Crippen LogP contribution in [0.15, 0.2) is 12.7 Å². The molecule has 0 fully saturated rings. The van der Waals surface area contributed by atoms with Gasteiger partial charge in [0.1, 0.15) is 0 Å². The Labute approximate surface area is 81.0 Å². The second kappa shape index (κ2) is 6.66. The maximum Gasteiger partial charge on any atom is 0.245 e. The molecule has 0 unspecified atom stereocenters. The van der Waals surface area contributed by atoms with Crippen LogP contribution in [0.25, 0.3) is 0 Å². The molecule has 0 saturated carbocycles. The van der Waals surface area contributed by atoms with Gasteiger partial charge in [-0.1, -0.05) is 6.58 Å². The van der Waals surface area contributed by atoms with Crippen molar-refractivity contribution in [3.8, 4) is 0 Å². The Balaban J connectivity index is 3.72. The van der Waals surface area contributed by atoms with Gasteiger partial charge in [0.2, 0.25) is 5.91 Å². The molecule has 1 amide bonds. The molecule has 3 heteroatoms. The van der Waals surface area contributed by atoms with Gasteiger partial charge in [0.15, 0.2) is 0 Å². The maximum atomic E-state index is 11.2. The van der Waals surface area contributed by atoms with E-state index in [0.717, 1.165) is 26.1 Å². The van der Waals surface area contributed by atoms with Crippen molar-refractivity contribution in [1.82, 2.24) is 9.80 Å². The molecular weight excluding hydrogens is 164 g/mol. The number of rotatable bonds is 6. The highest BCUT2D eigenvalue weighted by Gasteiger charge is 2.06. The Morgan fingerprint density at radius 1 is 1.38 bits per heavy atom. The lowest BCUT2D eigenvalue weighted by Gasteiger charge is -2.19. The first-order valence-corrected chi connectivity index (χ1v) is 4.67. The van der Waals surface area contributed by atoms with Gasteiger partial charge in [0, 0.05) is 13.1 Å². The minimum atomic E-state index is 0.0289. The third-order valence-electron chi connectivity index (χ3n) is 1.90. The van der Waals surface area contributed by atoms with Gasteiger partial charge in [-0.05, 0) is 40.1 Å². The summed E-state index contributed by atoms with van der Waals surface area (Å²) < 4.78 is 0. The lowest BCUT2D eigenvalue weighted by atomic mass is 10.3. The number of hydrogen-bond acceptors (Lipinski definition) is 2. The third-order valence-corrected chi connectivity index (χ3v) is 1.90. The van der Waals surface area contributed by atoms with Gasteiger partial charge >= 0.3 is 0 Å². The Bertz CT molecular complexity index is 166. The molecule has 0 aromatic rings. The fourth-order valence-electron chi connectivity index (χ4n) is 1.13. The van der Waals surface area contributed by atoms with E-state index in [-0.39, 0.29) is 5.91 Å². The van der Waals surface area contributed by atoms with Crippen LogP contribution in [0.5, 0.6) is 0 Å². The Hall–Kier alpha value is -0.830. The van der Waals surface area contributed by atoms with Crippen LogP contribution in [0.1, 0.15) is 13.3 Å². The zero-order valence-electron chi connectivity index (χ0n) is 8.92. The van der Waals surface area contributed by atoms with E-state index in [4.69, 9.17) is 0 Å². The summed E-state index contributed by atoms with van der Waals surface area (Å²) >= 11 is 0. The van der Waals surface area contributed by atoms with Gasteiger partial charge < -0.3 is 9.80 Å². The first-order chi connectivity index (χ1) is 6.11. The molecular formula is C10H20N2O. The van der Waals surface area contributed by atoms with Crippen LogP contribution in [-0.2, 0) is 4.79 Å². The first kappa shape index (κ1) is 12.2. The fourth-order valence-corrected chi connectivity index (χ4v) is 1.13. The zero-order valence-corrected chi connectivity index (χ0v) is 8.92. The first-order valence-electron chi connectivity index (χ1n) is 4.67. The van der Waals surface area contributed by atoms with Gasteiger partial charge in [-0.25, -0.2) is 0 Å². The van der Waals surface area contributed by atoms with Crippen molar-refractivity contribution < 1.29 is 4.79 Å². The molecule has 0 N–H and O–H groups in total. The highest BCUT2D eigenvalue weighted by molar-refractivity contribution is 5.86. The van der Waals surface area contributed by atoms with Crippen molar-refractivity contribution in [1.29, 1.82) is 0 Å². The molecule has 13 heavy (non-hydrogen) atoms. The van der Waals surface area contributed by atoms with E-state index in [0.29, 0.717) is 0 Å². The Morgan fingerprint density at radius 2 is 2.00 bits per heavy atom. The van der Waals surface area contributed by atoms with E-state index >= 15 is 0 Å². The summed E-state index contributed by atoms with van der Waals surface area (Å²) in [6.45, 7) is 8.05. The molecule has 0 radical (unpaired) electrons. The zero-order chi connectivity index (χ0) is 10.3. The molecule has 0 aliphatic carbocycles. The highest BCUT2D eigenvalue weighted by Crippen LogP contribution is 1.94. The van der Waals surface area contributed by atoms with E-state index < -0.39 is 0 Å². The molecule has 0 heterocycles. The van der Waals surface area contributed by atoms with Crippen LogP contribution in [-0.4, -0.2) is 49.4 Å². The van der Waals surface area contributed by atoms with E-state index in [1.807, 2.05) is 21.0 Å². The van der Waals surface area contributed by atoms with Crippen LogP contribution in [0.2, 0.25) is 0 Å². The van der Waals surface area contributed by atoms with Crippen LogP contribution in [0, 0.1) is 0 Å². The number of nitrogens with zero attached hydrogens (tertiary/aromatic N) is 2. The third kappa shape index (κ3) is 5.42. The molecule has 0 aromatic heterocycles. The molecule has 3 nitrogen and oxygen atoms in total. The van der Waals surface area contributed by atoms with E-state index in [2.05, 4.69) is 11.5 Å². The number of hydrogen-bond donors (Lipinski definition) is 0.